The maximum Gasteiger partial charge on any atom is 0.335 e. The van der Waals surface area contributed by atoms with Crippen molar-refractivity contribution in [2.75, 3.05) is 26.2 Å². The van der Waals surface area contributed by atoms with Gasteiger partial charge < -0.3 is 19.7 Å². The van der Waals surface area contributed by atoms with Gasteiger partial charge in [-0.25, -0.2) is 0 Å². The summed E-state index contributed by atoms with van der Waals surface area (Å²) in [4.78, 5) is 7.17. The van der Waals surface area contributed by atoms with E-state index in [2.05, 4.69) is 29.1 Å². The zero-order valence-electron chi connectivity index (χ0n) is 13.5. The van der Waals surface area contributed by atoms with Gasteiger partial charge in [-0.05, 0) is 38.8 Å². The summed E-state index contributed by atoms with van der Waals surface area (Å²) in [5, 5.41) is 3.61. The van der Waals surface area contributed by atoms with Crippen LogP contribution >= 0.6 is 0 Å². The van der Waals surface area contributed by atoms with Crippen molar-refractivity contribution in [1.82, 2.24) is 15.3 Å². The Hall–Kier alpha value is 0.0569. The third-order valence-electron chi connectivity index (χ3n) is 3.89. The van der Waals surface area contributed by atoms with Gasteiger partial charge in [0, 0.05) is 19.2 Å². The highest BCUT2D eigenvalue weighted by Crippen LogP contribution is 2.17. The van der Waals surface area contributed by atoms with Gasteiger partial charge in [0.15, 0.2) is 0 Å². The van der Waals surface area contributed by atoms with Crippen molar-refractivity contribution in [3.05, 3.63) is 0 Å². The molecule has 4 nitrogen and oxygen atoms in total. The summed E-state index contributed by atoms with van der Waals surface area (Å²) in [5.41, 5.74) is 0. The Bertz CT molecular complexity index is 203. The molecular formula is C15H35N3OSi. The van der Waals surface area contributed by atoms with Crippen LogP contribution in [0, 0.1) is 0 Å². The van der Waals surface area contributed by atoms with Gasteiger partial charge in [-0.1, -0.05) is 39.5 Å². The Kier molecular flexibility index (Phi) is 11.6. The minimum absolute atomic E-state index is 0.750. The molecule has 0 aromatic carbocycles. The minimum atomic E-state index is -1.40. The van der Waals surface area contributed by atoms with Gasteiger partial charge in [-0.2, -0.15) is 0 Å². The molecule has 0 saturated heterocycles. The van der Waals surface area contributed by atoms with E-state index >= 15 is 0 Å². The maximum atomic E-state index is 6.05. The summed E-state index contributed by atoms with van der Waals surface area (Å²) in [6.45, 7) is 8.47. The van der Waals surface area contributed by atoms with Crippen LogP contribution in [0.1, 0.15) is 65.2 Å². The van der Waals surface area contributed by atoms with Crippen LogP contribution in [0.5, 0.6) is 0 Å². The molecular weight excluding hydrogens is 266 g/mol. The standard InChI is InChI=1S/C15H35N3OSi/c1-3-5-11-17-20(18-12-6-4-2)19-14-13-16-15-9-7-8-10-15/h15-18,20H,3-14H2,1-2H3. The molecule has 0 unspecified atom stereocenters. The third-order valence-corrected chi connectivity index (χ3v) is 5.78. The van der Waals surface area contributed by atoms with Crippen LogP contribution in [-0.2, 0) is 4.43 Å². The van der Waals surface area contributed by atoms with Crippen molar-refractivity contribution in [3.8, 4) is 0 Å². The zero-order chi connectivity index (χ0) is 14.5. The smallest absolute Gasteiger partial charge is 0.335 e. The highest BCUT2D eigenvalue weighted by Gasteiger charge is 2.14. The lowest BCUT2D eigenvalue weighted by molar-refractivity contribution is 0.291. The number of rotatable bonds is 13. The Balaban J connectivity index is 2.06. The second-order valence-electron chi connectivity index (χ2n) is 5.80. The van der Waals surface area contributed by atoms with E-state index in [9.17, 15) is 0 Å². The number of hydrogen-bond acceptors (Lipinski definition) is 4. The molecule has 1 saturated carbocycles. The van der Waals surface area contributed by atoms with E-state index < -0.39 is 9.36 Å². The van der Waals surface area contributed by atoms with Crippen LogP contribution in [-0.4, -0.2) is 41.6 Å². The van der Waals surface area contributed by atoms with Crippen LogP contribution < -0.4 is 15.3 Å². The Labute approximate surface area is 127 Å². The molecule has 1 fully saturated rings. The average Bonchev–Trinajstić information content (AvgIpc) is 2.96. The van der Waals surface area contributed by atoms with E-state index in [1.54, 1.807) is 0 Å². The van der Waals surface area contributed by atoms with Crippen molar-refractivity contribution in [1.29, 1.82) is 0 Å². The van der Waals surface area contributed by atoms with Crippen molar-refractivity contribution in [2.45, 2.75) is 71.3 Å². The molecule has 5 heteroatoms. The fourth-order valence-electron chi connectivity index (χ4n) is 2.58. The summed E-state index contributed by atoms with van der Waals surface area (Å²) in [6, 6.07) is 0.750. The molecule has 0 heterocycles. The average molecular weight is 302 g/mol. The second-order valence-corrected chi connectivity index (χ2v) is 7.71. The molecule has 0 aromatic heterocycles. The molecule has 0 aromatic rings. The van der Waals surface area contributed by atoms with Crippen molar-refractivity contribution >= 4 is 9.36 Å². The van der Waals surface area contributed by atoms with Gasteiger partial charge in [0.25, 0.3) is 0 Å². The van der Waals surface area contributed by atoms with Gasteiger partial charge in [-0.15, -0.1) is 0 Å². The number of hydrogen-bond donors (Lipinski definition) is 3. The molecule has 1 rings (SSSR count). The Morgan fingerprint density at radius 3 is 2.10 bits per heavy atom. The number of nitrogens with one attached hydrogen (secondary N) is 3. The monoisotopic (exact) mass is 301 g/mol. The zero-order valence-corrected chi connectivity index (χ0v) is 14.7. The quantitative estimate of drug-likeness (QED) is 0.360. The molecule has 0 amide bonds. The van der Waals surface area contributed by atoms with E-state index in [0.717, 1.165) is 32.3 Å². The fourth-order valence-corrected chi connectivity index (χ4v) is 4.25. The molecule has 0 aliphatic heterocycles. The second kappa shape index (κ2) is 12.8. The SMILES string of the molecule is CCCCN[SiH](NCCCC)OCCNC1CCCC1. The van der Waals surface area contributed by atoms with Crippen LogP contribution in [0.3, 0.4) is 0 Å². The number of unbranched alkanes of at least 4 members (excludes halogenated alkanes) is 2. The lowest BCUT2D eigenvalue weighted by Gasteiger charge is -2.19. The molecule has 0 atom stereocenters. The van der Waals surface area contributed by atoms with E-state index in [1.165, 1.54) is 51.4 Å². The van der Waals surface area contributed by atoms with Gasteiger partial charge >= 0.3 is 9.36 Å². The van der Waals surface area contributed by atoms with Crippen molar-refractivity contribution in [2.24, 2.45) is 0 Å². The molecule has 0 spiro atoms. The molecule has 3 N–H and O–H groups in total. The van der Waals surface area contributed by atoms with Gasteiger partial charge in [0.2, 0.25) is 0 Å². The highest BCUT2D eigenvalue weighted by molar-refractivity contribution is 6.45. The molecule has 1 aliphatic carbocycles. The van der Waals surface area contributed by atoms with Gasteiger partial charge in [0.05, 0.1) is 0 Å². The molecule has 20 heavy (non-hydrogen) atoms. The predicted octanol–water partition coefficient (Wildman–Crippen LogP) is 2.03. The lowest BCUT2D eigenvalue weighted by atomic mass is 10.2. The van der Waals surface area contributed by atoms with E-state index in [4.69, 9.17) is 4.43 Å². The largest absolute Gasteiger partial charge is 0.393 e. The fraction of sp³-hybridized carbons (Fsp3) is 1.00. The van der Waals surface area contributed by atoms with Crippen molar-refractivity contribution < 1.29 is 4.43 Å². The normalized spacial score (nSPS) is 16.4. The first-order valence-electron chi connectivity index (χ1n) is 8.68. The van der Waals surface area contributed by atoms with E-state index in [1.807, 2.05) is 0 Å². The van der Waals surface area contributed by atoms with Crippen LogP contribution in [0.2, 0.25) is 0 Å². The first-order chi connectivity index (χ1) is 9.86. The van der Waals surface area contributed by atoms with Gasteiger partial charge in [-0.3, -0.25) is 0 Å². The predicted molar refractivity (Wildman–Crippen MR) is 89.2 cm³/mol. The third kappa shape index (κ3) is 9.08. The topological polar surface area (TPSA) is 45.3 Å². The van der Waals surface area contributed by atoms with E-state index in [-0.39, 0.29) is 0 Å². The summed E-state index contributed by atoms with van der Waals surface area (Å²) < 4.78 is 6.05. The van der Waals surface area contributed by atoms with Crippen molar-refractivity contribution in [3.63, 3.8) is 0 Å². The maximum absolute atomic E-state index is 6.05. The first kappa shape index (κ1) is 18.1. The van der Waals surface area contributed by atoms with Crippen LogP contribution in [0.25, 0.3) is 0 Å². The molecule has 0 radical (unpaired) electrons. The van der Waals surface area contributed by atoms with Crippen LogP contribution in [0.4, 0.5) is 0 Å². The summed E-state index contributed by atoms with van der Waals surface area (Å²) in [5.74, 6) is 0. The molecule has 120 valence electrons. The lowest BCUT2D eigenvalue weighted by Crippen LogP contribution is -2.51. The summed E-state index contributed by atoms with van der Waals surface area (Å²) >= 11 is 0. The van der Waals surface area contributed by atoms with Gasteiger partial charge in [0.1, 0.15) is 0 Å². The molecule has 0 bridgehead atoms. The van der Waals surface area contributed by atoms with Crippen LogP contribution in [0.15, 0.2) is 0 Å². The summed E-state index contributed by atoms with van der Waals surface area (Å²) in [6.07, 6.45) is 10.5. The molecule has 1 aliphatic rings. The first-order valence-corrected chi connectivity index (χ1v) is 10.3. The summed E-state index contributed by atoms with van der Waals surface area (Å²) in [7, 11) is -1.40. The minimum Gasteiger partial charge on any atom is -0.393 e. The Morgan fingerprint density at radius 2 is 1.55 bits per heavy atom. The van der Waals surface area contributed by atoms with E-state index in [0.29, 0.717) is 0 Å². The Morgan fingerprint density at radius 1 is 0.950 bits per heavy atom. The highest BCUT2D eigenvalue weighted by atomic mass is 28.3.